The summed E-state index contributed by atoms with van der Waals surface area (Å²) in [4.78, 5) is 65.6. The number of hydrogen-bond acceptors (Lipinski definition) is 9. The Kier molecular flexibility index (Phi) is 11.3. The lowest BCUT2D eigenvalue weighted by atomic mass is 9.87. The Balaban J connectivity index is 2.17. The molecule has 2 rings (SSSR count). The van der Waals surface area contributed by atoms with Crippen LogP contribution >= 0.6 is 0 Å². The number of nitrogens with two attached hydrogens (primary N) is 1. The highest BCUT2D eigenvalue weighted by atomic mass is 16.6. The summed E-state index contributed by atoms with van der Waals surface area (Å²) in [6.45, 7) is 10.8. The van der Waals surface area contributed by atoms with Gasteiger partial charge < -0.3 is 35.5 Å². The topological polar surface area (TPSA) is 166 Å². The molecule has 1 heterocycles. The summed E-state index contributed by atoms with van der Waals surface area (Å²) >= 11 is 0. The van der Waals surface area contributed by atoms with Gasteiger partial charge in [-0.15, -0.1) is 0 Å². The molecule has 0 bridgehead atoms. The Bertz CT molecular complexity index is 1090. The summed E-state index contributed by atoms with van der Waals surface area (Å²) in [6.07, 6.45) is -0.537. The van der Waals surface area contributed by atoms with E-state index in [0.29, 0.717) is 0 Å². The number of nitrogens with one attached hydrogen (secondary N) is 2. The number of benzene rings is 1. The van der Waals surface area contributed by atoms with Crippen molar-refractivity contribution in [3.8, 4) is 0 Å². The molecular weight excluding hydrogens is 532 g/mol. The third-order valence-corrected chi connectivity index (χ3v) is 6.26. The maximum atomic E-state index is 13.4. The number of methoxy groups -OCH3 is 1. The first kappa shape index (κ1) is 33.5. The Morgan fingerprint density at radius 2 is 1.46 bits per heavy atom. The third-order valence-electron chi connectivity index (χ3n) is 6.26. The molecule has 0 radical (unpaired) electrons. The van der Waals surface area contributed by atoms with E-state index in [2.05, 4.69) is 10.6 Å². The average molecular weight is 577 g/mol. The van der Waals surface area contributed by atoms with Crippen LogP contribution in [0.3, 0.4) is 0 Å². The van der Waals surface area contributed by atoms with Gasteiger partial charge in [-0.3, -0.25) is 14.4 Å². The second-order valence-corrected chi connectivity index (χ2v) is 12.2. The van der Waals surface area contributed by atoms with Crippen molar-refractivity contribution < 1.29 is 38.2 Å². The molecule has 1 fully saturated rings. The molecule has 228 valence electrons. The van der Waals surface area contributed by atoms with Gasteiger partial charge in [0, 0.05) is 19.5 Å². The number of nitrogens with zero attached hydrogens (tertiary/aromatic N) is 1. The Morgan fingerprint density at radius 3 is 1.98 bits per heavy atom. The lowest BCUT2D eigenvalue weighted by molar-refractivity contribution is -0.159. The van der Waals surface area contributed by atoms with Gasteiger partial charge in [-0.2, -0.15) is 0 Å². The highest BCUT2D eigenvalue weighted by molar-refractivity contribution is 5.94. The van der Waals surface area contributed by atoms with Gasteiger partial charge in [0.15, 0.2) is 0 Å². The number of likely N-dealkylation sites (tertiary alicyclic amines) is 1. The van der Waals surface area contributed by atoms with E-state index in [0.717, 1.165) is 12.7 Å². The van der Waals surface area contributed by atoms with E-state index in [4.69, 9.17) is 19.9 Å². The van der Waals surface area contributed by atoms with Crippen LogP contribution in [0.5, 0.6) is 0 Å². The van der Waals surface area contributed by atoms with Crippen molar-refractivity contribution in [2.24, 2.45) is 5.73 Å². The number of carbonyl (C=O) groups excluding carboxylic acids is 5. The van der Waals surface area contributed by atoms with Crippen LogP contribution in [0.15, 0.2) is 30.3 Å². The fourth-order valence-electron chi connectivity index (χ4n) is 4.16. The van der Waals surface area contributed by atoms with Crippen molar-refractivity contribution in [3.05, 3.63) is 35.9 Å². The average Bonchev–Trinajstić information content (AvgIpc) is 2.86. The SMILES string of the molecule is COC(=O)[C@H](CC(=O)OC(C)(C)C)NC(=O)[C@H](Cc1ccccc1)NC(=O)C1(N)CCN(C(=O)OC(C)(C)C)CC1. The molecule has 2 atom stereocenters. The molecule has 0 aliphatic carbocycles. The fraction of sp³-hybridized carbons (Fsp3) is 0.621. The summed E-state index contributed by atoms with van der Waals surface area (Å²) in [6, 6.07) is 6.54. The molecule has 12 nitrogen and oxygen atoms in total. The molecule has 1 aromatic carbocycles. The second kappa shape index (κ2) is 13.8. The molecule has 3 amide bonds. The molecular formula is C29H44N4O8. The van der Waals surface area contributed by atoms with E-state index in [9.17, 15) is 24.0 Å². The molecule has 0 saturated carbocycles. The first-order valence-electron chi connectivity index (χ1n) is 13.6. The number of hydrogen-bond donors (Lipinski definition) is 3. The van der Waals surface area contributed by atoms with Crippen LogP contribution in [0.4, 0.5) is 4.79 Å². The predicted molar refractivity (Wildman–Crippen MR) is 150 cm³/mol. The molecule has 0 spiro atoms. The van der Waals surface area contributed by atoms with Crippen molar-refractivity contribution in [2.45, 2.75) is 96.1 Å². The van der Waals surface area contributed by atoms with Crippen molar-refractivity contribution in [2.75, 3.05) is 20.2 Å². The van der Waals surface area contributed by atoms with Gasteiger partial charge in [0.2, 0.25) is 11.8 Å². The summed E-state index contributed by atoms with van der Waals surface area (Å²) in [5.74, 6) is -2.80. The maximum absolute atomic E-state index is 13.4. The summed E-state index contributed by atoms with van der Waals surface area (Å²) in [5, 5.41) is 5.26. The number of ether oxygens (including phenoxy) is 3. The smallest absolute Gasteiger partial charge is 0.410 e. The van der Waals surface area contributed by atoms with Crippen LogP contribution in [-0.4, -0.2) is 83.8 Å². The fourth-order valence-corrected chi connectivity index (χ4v) is 4.16. The van der Waals surface area contributed by atoms with Gasteiger partial charge in [0.05, 0.1) is 19.1 Å². The van der Waals surface area contributed by atoms with E-state index in [1.54, 1.807) is 65.8 Å². The predicted octanol–water partition coefficient (Wildman–Crippen LogP) is 1.83. The monoisotopic (exact) mass is 576 g/mol. The molecule has 0 unspecified atom stereocenters. The number of carbonyl (C=O) groups is 5. The standard InChI is InChI=1S/C29H44N4O8/c1-27(2,3)40-22(34)18-21(24(36)39-7)31-23(35)20(17-19-11-9-8-10-12-19)32-25(37)29(30)13-15-33(16-14-29)26(38)41-28(4,5)6/h8-12,20-21H,13-18,30H2,1-7H3,(H,31,35)(H,32,37)/t20-,21-/m0/s1. The van der Waals surface area contributed by atoms with Gasteiger partial charge in [0.1, 0.15) is 23.3 Å². The van der Waals surface area contributed by atoms with Crippen LogP contribution in [0.2, 0.25) is 0 Å². The van der Waals surface area contributed by atoms with Crippen LogP contribution in [-0.2, 0) is 39.8 Å². The first-order chi connectivity index (χ1) is 18.9. The molecule has 1 aliphatic rings. The lowest BCUT2D eigenvalue weighted by Gasteiger charge is -2.39. The largest absolute Gasteiger partial charge is 0.467 e. The van der Waals surface area contributed by atoms with E-state index >= 15 is 0 Å². The second-order valence-electron chi connectivity index (χ2n) is 12.2. The molecule has 1 saturated heterocycles. The molecule has 12 heteroatoms. The highest BCUT2D eigenvalue weighted by Crippen LogP contribution is 2.22. The molecule has 1 aromatic rings. The van der Waals surface area contributed by atoms with Crippen molar-refractivity contribution in [3.63, 3.8) is 0 Å². The van der Waals surface area contributed by atoms with E-state index < -0.39 is 65.1 Å². The minimum Gasteiger partial charge on any atom is -0.467 e. The molecule has 0 aromatic heterocycles. The van der Waals surface area contributed by atoms with Crippen molar-refractivity contribution >= 4 is 29.8 Å². The van der Waals surface area contributed by atoms with Crippen LogP contribution in [0.25, 0.3) is 0 Å². The van der Waals surface area contributed by atoms with E-state index in [1.807, 2.05) is 6.07 Å². The zero-order valence-electron chi connectivity index (χ0n) is 25.1. The molecule has 41 heavy (non-hydrogen) atoms. The van der Waals surface area contributed by atoms with Gasteiger partial charge in [-0.25, -0.2) is 9.59 Å². The van der Waals surface area contributed by atoms with E-state index in [-0.39, 0.29) is 32.4 Å². The number of esters is 2. The van der Waals surface area contributed by atoms with Crippen LogP contribution in [0, 0.1) is 0 Å². The van der Waals surface area contributed by atoms with Gasteiger partial charge in [-0.1, -0.05) is 30.3 Å². The zero-order valence-corrected chi connectivity index (χ0v) is 25.1. The first-order valence-corrected chi connectivity index (χ1v) is 13.6. The number of piperidine rings is 1. The summed E-state index contributed by atoms with van der Waals surface area (Å²) in [7, 11) is 1.14. The number of amides is 3. The van der Waals surface area contributed by atoms with Gasteiger partial charge in [-0.05, 0) is 59.9 Å². The maximum Gasteiger partial charge on any atom is 0.410 e. The summed E-state index contributed by atoms with van der Waals surface area (Å²) in [5.41, 5.74) is 4.43. The Labute approximate surface area is 241 Å². The number of rotatable bonds is 9. The van der Waals surface area contributed by atoms with Crippen LogP contribution < -0.4 is 16.4 Å². The van der Waals surface area contributed by atoms with Crippen LogP contribution in [0.1, 0.15) is 66.4 Å². The van der Waals surface area contributed by atoms with Crippen molar-refractivity contribution in [1.29, 1.82) is 0 Å². The van der Waals surface area contributed by atoms with Gasteiger partial charge >= 0.3 is 18.0 Å². The highest BCUT2D eigenvalue weighted by Gasteiger charge is 2.41. The third kappa shape index (κ3) is 11.0. The summed E-state index contributed by atoms with van der Waals surface area (Å²) < 4.78 is 15.5. The van der Waals surface area contributed by atoms with Gasteiger partial charge in [0.25, 0.3) is 0 Å². The normalized spacial score (nSPS) is 16.5. The molecule has 4 N–H and O–H groups in total. The molecule has 1 aliphatic heterocycles. The van der Waals surface area contributed by atoms with Crippen molar-refractivity contribution in [1.82, 2.24) is 15.5 Å². The Hall–Kier alpha value is -3.67. The quantitative estimate of drug-likeness (QED) is 0.294. The zero-order chi connectivity index (χ0) is 31.0. The minimum atomic E-state index is -1.34. The lowest BCUT2D eigenvalue weighted by Crippen LogP contribution is -2.63. The minimum absolute atomic E-state index is 0.0961. The Morgan fingerprint density at radius 1 is 0.902 bits per heavy atom. The van der Waals surface area contributed by atoms with E-state index in [1.165, 1.54) is 4.90 Å².